The van der Waals surface area contributed by atoms with Crippen molar-refractivity contribution in [1.29, 1.82) is 0 Å². The summed E-state index contributed by atoms with van der Waals surface area (Å²) in [5, 5.41) is 9.30. The minimum Gasteiger partial charge on any atom is -0.347 e. The van der Waals surface area contributed by atoms with Crippen LogP contribution in [0.5, 0.6) is 0 Å². The zero-order valence-electron chi connectivity index (χ0n) is 7.28. The van der Waals surface area contributed by atoms with Gasteiger partial charge >= 0.3 is 0 Å². The molecule has 0 unspecified atom stereocenters. The van der Waals surface area contributed by atoms with Crippen molar-refractivity contribution in [2.24, 2.45) is 0 Å². The standard InChI is InChI=1S/C6H5Cl2N7/c7-4-12-5(8)14-6(13-4)9-1-3-10-2-11-15-3/h2H,1H2,(H,10,11,15)(H,9,12,13,14). The van der Waals surface area contributed by atoms with Crippen molar-refractivity contribution < 1.29 is 0 Å². The van der Waals surface area contributed by atoms with Gasteiger partial charge in [-0.3, -0.25) is 5.10 Å². The quantitative estimate of drug-likeness (QED) is 0.836. The molecular formula is C6H5Cl2N7. The Hall–Kier alpha value is -1.47. The van der Waals surface area contributed by atoms with Crippen LogP contribution in [0.4, 0.5) is 5.95 Å². The first-order valence-corrected chi connectivity index (χ1v) is 4.65. The summed E-state index contributed by atoms with van der Waals surface area (Å²) in [6.07, 6.45) is 1.41. The van der Waals surface area contributed by atoms with Crippen LogP contribution >= 0.6 is 23.2 Å². The highest BCUT2D eigenvalue weighted by Gasteiger charge is 2.03. The van der Waals surface area contributed by atoms with E-state index in [9.17, 15) is 0 Å². The van der Waals surface area contributed by atoms with Crippen LogP contribution < -0.4 is 5.32 Å². The number of aromatic amines is 1. The molecule has 0 radical (unpaired) electrons. The first kappa shape index (κ1) is 10.1. The smallest absolute Gasteiger partial charge is 0.228 e. The minimum atomic E-state index is 0.0371. The van der Waals surface area contributed by atoms with Gasteiger partial charge in [0.2, 0.25) is 16.5 Å². The number of anilines is 1. The fourth-order valence-corrected chi connectivity index (χ4v) is 1.25. The van der Waals surface area contributed by atoms with E-state index in [2.05, 4.69) is 35.5 Å². The van der Waals surface area contributed by atoms with Crippen molar-refractivity contribution in [1.82, 2.24) is 30.1 Å². The average molecular weight is 246 g/mol. The number of H-pyrrole nitrogens is 1. The van der Waals surface area contributed by atoms with Gasteiger partial charge in [-0.05, 0) is 23.2 Å². The second-order valence-corrected chi connectivity index (χ2v) is 3.16. The second kappa shape index (κ2) is 4.37. The van der Waals surface area contributed by atoms with Crippen LogP contribution in [0.15, 0.2) is 6.33 Å². The van der Waals surface area contributed by atoms with Crippen molar-refractivity contribution in [3.05, 3.63) is 22.7 Å². The summed E-state index contributed by atoms with van der Waals surface area (Å²) in [4.78, 5) is 15.2. The third-order valence-electron chi connectivity index (χ3n) is 1.46. The van der Waals surface area contributed by atoms with Gasteiger partial charge in [-0.15, -0.1) is 0 Å². The Morgan fingerprint density at radius 2 is 1.93 bits per heavy atom. The Kier molecular flexibility index (Phi) is 2.93. The molecule has 0 saturated carbocycles. The Bertz CT molecular complexity index is 422. The molecule has 0 aliphatic rings. The molecule has 2 aromatic rings. The molecule has 7 nitrogen and oxygen atoms in total. The number of hydrogen-bond acceptors (Lipinski definition) is 6. The van der Waals surface area contributed by atoms with E-state index in [4.69, 9.17) is 23.2 Å². The second-order valence-electron chi connectivity index (χ2n) is 2.48. The Morgan fingerprint density at radius 3 is 2.53 bits per heavy atom. The molecule has 0 atom stereocenters. The fraction of sp³-hybridized carbons (Fsp3) is 0.167. The molecule has 0 fully saturated rings. The van der Waals surface area contributed by atoms with Crippen molar-refractivity contribution in [2.45, 2.75) is 6.54 Å². The van der Waals surface area contributed by atoms with Crippen molar-refractivity contribution >= 4 is 29.2 Å². The van der Waals surface area contributed by atoms with Crippen LogP contribution in [0, 0.1) is 0 Å². The van der Waals surface area contributed by atoms with Crippen LogP contribution in [0.25, 0.3) is 0 Å². The van der Waals surface area contributed by atoms with Gasteiger partial charge in [0.05, 0.1) is 6.54 Å². The van der Waals surface area contributed by atoms with E-state index in [1.807, 2.05) is 0 Å². The average Bonchev–Trinajstić information content (AvgIpc) is 2.65. The first-order valence-electron chi connectivity index (χ1n) is 3.89. The summed E-state index contributed by atoms with van der Waals surface area (Å²) in [7, 11) is 0. The molecule has 0 bridgehead atoms. The molecule has 78 valence electrons. The van der Waals surface area contributed by atoms with Gasteiger partial charge in [0.1, 0.15) is 12.2 Å². The summed E-state index contributed by atoms with van der Waals surface area (Å²) < 4.78 is 0. The number of rotatable bonds is 3. The zero-order chi connectivity index (χ0) is 10.7. The molecule has 0 amide bonds. The van der Waals surface area contributed by atoms with Crippen LogP contribution in [-0.4, -0.2) is 30.1 Å². The van der Waals surface area contributed by atoms with Crippen molar-refractivity contribution in [2.75, 3.05) is 5.32 Å². The van der Waals surface area contributed by atoms with Gasteiger partial charge in [0.15, 0.2) is 0 Å². The predicted molar refractivity (Wildman–Crippen MR) is 53.6 cm³/mol. The highest BCUT2D eigenvalue weighted by Crippen LogP contribution is 2.09. The Balaban J connectivity index is 2.05. The van der Waals surface area contributed by atoms with Crippen LogP contribution in [0.2, 0.25) is 10.6 Å². The van der Waals surface area contributed by atoms with E-state index < -0.39 is 0 Å². The zero-order valence-corrected chi connectivity index (χ0v) is 8.79. The summed E-state index contributed by atoms with van der Waals surface area (Å²) >= 11 is 11.2. The molecule has 0 aliphatic carbocycles. The molecule has 0 saturated heterocycles. The Labute approximate surface area is 94.3 Å². The van der Waals surface area contributed by atoms with E-state index in [0.717, 1.165) is 0 Å². The van der Waals surface area contributed by atoms with Crippen LogP contribution in [-0.2, 0) is 6.54 Å². The lowest BCUT2D eigenvalue weighted by Crippen LogP contribution is -2.06. The van der Waals surface area contributed by atoms with Gasteiger partial charge in [0.25, 0.3) is 0 Å². The summed E-state index contributed by atoms with van der Waals surface area (Å²) in [5.74, 6) is 0.944. The SMILES string of the molecule is Clc1nc(Cl)nc(NCc2ncn[nH]2)n1. The summed E-state index contributed by atoms with van der Waals surface area (Å²) in [6.45, 7) is 0.399. The predicted octanol–water partition coefficient (Wildman–Crippen LogP) is 0.909. The number of halogens is 2. The molecule has 2 aromatic heterocycles. The van der Waals surface area contributed by atoms with Crippen molar-refractivity contribution in [3.8, 4) is 0 Å². The summed E-state index contributed by atoms with van der Waals surface area (Å²) in [6, 6.07) is 0. The van der Waals surface area contributed by atoms with Gasteiger partial charge in [-0.2, -0.15) is 20.1 Å². The van der Waals surface area contributed by atoms with Gasteiger partial charge < -0.3 is 5.32 Å². The maximum atomic E-state index is 5.59. The highest BCUT2D eigenvalue weighted by atomic mass is 35.5. The van der Waals surface area contributed by atoms with Crippen LogP contribution in [0.1, 0.15) is 5.82 Å². The molecular weight excluding hydrogens is 241 g/mol. The number of aromatic nitrogens is 6. The number of hydrogen-bond donors (Lipinski definition) is 2. The number of nitrogens with one attached hydrogen (secondary N) is 2. The molecule has 0 aliphatic heterocycles. The van der Waals surface area contributed by atoms with Gasteiger partial charge in [-0.1, -0.05) is 0 Å². The molecule has 0 aromatic carbocycles. The maximum absolute atomic E-state index is 5.59. The largest absolute Gasteiger partial charge is 0.347 e. The normalized spacial score (nSPS) is 10.3. The third-order valence-corrected chi connectivity index (χ3v) is 1.80. The lowest BCUT2D eigenvalue weighted by Gasteiger charge is -2.01. The summed E-state index contributed by atoms with van der Waals surface area (Å²) in [5.41, 5.74) is 0. The Morgan fingerprint density at radius 1 is 1.20 bits per heavy atom. The monoisotopic (exact) mass is 245 g/mol. The molecule has 2 heterocycles. The maximum Gasteiger partial charge on any atom is 0.228 e. The third kappa shape index (κ3) is 2.74. The van der Waals surface area contributed by atoms with Gasteiger partial charge in [0, 0.05) is 0 Å². The van der Waals surface area contributed by atoms with Gasteiger partial charge in [-0.25, -0.2) is 4.98 Å². The topological polar surface area (TPSA) is 92.3 Å². The fourth-order valence-electron chi connectivity index (χ4n) is 0.884. The number of nitrogens with zero attached hydrogens (tertiary/aromatic N) is 5. The van der Waals surface area contributed by atoms with E-state index in [1.54, 1.807) is 0 Å². The minimum absolute atomic E-state index is 0.0371. The van der Waals surface area contributed by atoms with Crippen molar-refractivity contribution in [3.63, 3.8) is 0 Å². The van der Waals surface area contributed by atoms with Crippen LogP contribution in [0.3, 0.4) is 0 Å². The molecule has 15 heavy (non-hydrogen) atoms. The van der Waals surface area contributed by atoms with E-state index >= 15 is 0 Å². The van der Waals surface area contributed by atoms with E-state index in [0.29, 0.717) is 12.4 Å². The van der Waals surface area contributed by atoms with E-state index in [-0.39, 0.29) is 16.5 Å². The van der Waals surface area contributed by atoms with E-state index in [1.165, 1.54) is 6.33 Å². The highest BCUT2D eigenvalue weighted by molar-refractivity contribution is 6.31. The lowest BCUT2D eigenvalue weighted by molar-refractivity contribution is 0.925. The molecule has 2 N–H and O–H groups in total. The molecule has 2 rings (SSSR count). The molecule has 0 spiro atoms. The molecule has 9 heteroatoms. The first-order chi connectivity index (χ1) is 7.24. The lowest BCUT2D eigenvalue weighted by atomic mass is 10.6.